The maximum atomic E-state index is 13.9. The van der Waals surface area contributed by atoms with Crippen LogP contribution in [0.15, 0.2) is 30.3 Å². The molecule has 0 fully saturated rings. The van der Waals surface area contributed by atoms with Crippen LogP contribution in [0.25, 0.3) is 11.1 Å². The third kappa shape index (κ3) is 3.02. The summed E-state index contributed by atoms with van der Waals surface area (Å²) in [4.78, 5) is 0. The summed E-state index contributed by atoms with van der Waals surface area (Å²) in [6, 6.07) is 6.84. The molecule has 0 aliphatic heterocycles. The van der Waals surface area contributed by atoms with Gasteiger partial charge in [0.15, 0.2) is 0 Å². The molecule has 2 rings (SSSR count). The lowest BCUT2D eigenvalue weighted by Gasteiger charge is -2.13. The third-order valence-electron chi connectivity index (χ3n) is 3.11. The largest absolute Gasteiger partial charge is 0.313 e. The van der Waals surface area contributed by atoms with Crippen molar-refractivity contribution in [2.75, 3.05) is 6.54 Å². The van der Waals surface area contributed by atoms with Crippen LogP contribution in [0.2, 0.25) is 0 Å². The van der Waals surface area contributed by atoms with Gasteiger partial charge in [0.1, 0.15) is 17.5 Å². The predicted octanol–water partition coefficient (Wildman–Crippen LogP) is 4.19. The minimum Gasteiger partial charge on any atom is -0.313 e. The van der Waals surface area contributed by atoms with Crippen LogP contribution in [0.5, 0.6) is 0 Å². The fourth-order valence-corrected chi connectivity index (χ4v) is 2.14. The van der Waals surface area contributed by atoms with Gasteiger partial charge in [0.2, 0.25) is 0 Å². The quantitative estimate of drug-likeness (QED) is 0.885. The Hall–Kier alpha value is -1.81. The van der Waals surface area contributed by atoms with E-state index in [4.69, 9.17) is 0 Å². The van der Waals surface area contributed by atoms with Gasteiger partial charge in [0.25, 0.3) is 0 Å². The second-order valence-electron chi connectivity index (χ2n) is 4.69. The third-order valence-corrected chi connectivity index (χ3v) is 3.11. The van der Waals surface area contributed by atoms with Gasteiger partial charge in [0.05, 0.1) is 5.56 Å². The number of rotatable bonds is 4. The zero-order valence-corrected chi connectivity index (χ0v) is 11.4. The van der Waals surface area contributed by atoms with Crippen LogP contribution in [0, 0.1) is 24.4 Å². The molecule has 0 bridgehead atoms. The van der Waals surface area contributed by atoms with E-state index in [-0.39, 0.29) is 5.56 Å². The van der Waals surface area contributed by atoms with Gasteiger partial charge in [0, 0.05) is 18.7 Å². The monoisotopic (exact) mass is 279 g/mol. The summed E-state index contributed by atoms with van der Waals surface area (Å²) >= 11 is 0. The molecule has 0 aliphatic rings. The van der Waals surface area contributed by atoms with Crippen molar-refractivity contribution in [3.63, 3.8) is 0 Å². The highest BCUT2D eigenvalue weighted by Gasteiger charge is 2.16. The molecule has 20 heavy (non-hydrogen) atoms. The maximum Gasteiger partial charge on any atom is 0.136 e. The average Bonchev–Trinajstić information content (AvgIpc) is 2.36. The van der Waals surface area contributed by atoms with Crippen LogP contribution < -0.4 is 5.32 Å². The molecule has 0 unspecified atom stereocenters. The Kier molecular flexibility index (Phi) is 4.45. The number of hydrogen-bond acceptors (Lipinski definition) is 1. The van der Waals surface area contributed by atoms with E-state index in [0.717, 1.165) is 17.7 Å². The second-order valence-corrected chi connectivity index (χ2v) is 4.69. The summed E-state index contributed by atoms with van der Waals surface area (Å²) in [5.41, 5.74) is 1.95. The van der Waals surface area contributed by atoms with Crippen LogP contribution in [0.1, 0.15) is 18.1 Å². The molecule has 1 nitrogen and oxygen atoms in total. The van der Waals surface area contributed by atoms with Crippen molar-refractivity contribution >= 4 is 0 Å². The SMILES string of the molecule is CCNCc1ccc(C)cc1-c1c(F)cc(F)cc1F. The molecule has 4 heteroatoms. The lowest BCUT2D eigenvalue weighted by atomic mass is 9.96. The molecule has 2 aromatic carbocycles. The van der Waals surface area contributed by atoms with E-state index in [2.05, 4.69) is 5.32 Å². The Morgan fingerprint density at radius 2 is 1.65 bits per heavy atom. The molecule has 0 spiro atoms. The molecule has 0 saturated heterocycles. The summed E-state index contributed by atoms with van der Waals surface area (Å²) in [6.07, 6.45) is 0. The zero-order chi connectivity index (χ0) is 14.7. The first-order valence-corrected chi connectivity index (χ1v) is 6.48. The second kappa shape index (κ2) is 6.09. The first kappa shape index (κ1) is 14.6. The molecule has 0 aliphatic carbocycles. The Morgan fingerprint density at radius 1 is 1.00 bits per heavy atom. The van der Waals surface area contributed by atoms with Crippen LogP contribution in [0.4, 0.5) is 13.2 Å². The minimum absolute atomic E-state index is 0.178. The van der Waals surface area contributed by atoms with Gasteiger partial charge in [-0.05, 0) is 24.6 Å². The molecule has 0 aromatic heterocycles. The summed E-state index contributed by atoms with van der Waals surface area (Å²) in [5.74, 6) is -2.68. The lowest BCUT2D eigenvalue weighted by molar-refractivity contribution is 0.547. The van der Waals surface area contributed by atoms with Gasteiger partial charge in [-0.1, -0.05) is 30.7 Å². The van der Waals surface area contributed by atoms with E-state index in [1.165, 1.54) is 0 Å². The number of aryl methyl sites for hydroxylation is 1. The Balaban J connectivity index is 2.59. The van der Waals surface area contributed by atoms with Crippen LogP contribution >= 0.6 is 0 Å². The van der Waals surface area contributed by atoms with Crippen LogP contribution in [-0.4, -0.2) is 6.54 Å². The number of halogens is 3. The van der Waals surface area contributed by atoms with E-state index >= 15 is 0 Å². The highest BCUT2D eigenvalue weighted by atomic mass is 19.1. The van der Waals surface area contributed by atoms with Gasteiger partial charge >= 0.3 is 0 Å². The Labute approximate surface area is 116 Å². The molecule has 0 atom stereocenters. The van der Waals surface area contributed by atoms with Crippen LogP contribution in [-0.2, 0) is 6.54 Å². The van der Waals surface area contributed by atoms with E-state index in [1.54, 1.807) is 6.07 Å². The minimum atomic E-state index is -0.912. The molecule has 0 saturated carbocycles. The molecule has 0 heterocycles. The highest BCUT2D eigenvalue weighted by molar-refractivity contribution is 5.69. The smallest absolute Gasteiger partial charge is 0.136 e. The van der Waals surface area contributed by atoms with Crippen molar-refractivity contribution in [2.24, 2.45) is 0 Å². The molecular formula is C16H16F3N. The predicted molar refractivity (Wildman–Crippen MR) is 73.9 cm³/mol. The molecule has 0 amide bonds. The fourth-order valence-electron chi connectivity index (χ4n) is 2.14. The molecule has 2 aromatic rings. The number of nitrogens with one attached hydrogen (secondary N) is 1. The number of hydrogen-bond donors (Lipinski definition) is 1. The van der Waals surface area contributed by atoms with Gasteiger partial charge in [-0.3, -0.25) is 0 Å². The van der Waals surface area contributed by atoms with Gasteiger partial charge in [-0.2, -0.15) is 0 Å². The summed E-state index contributed by atoms with van der Waals surface area (Å²) in [6.45, 7) is 5.05. The molecule has 1 N–H and O–H groups in total. The van der Waals surface area contributed by atoms with E-state index in [9.17, 15) is 13.2 Å². The van der Waals surface area contributed by atoms with Gasteiger partial charge < -0.3 is 5.32 Å². The highest BCUT2D eigenvalue weighted by Crippen LogP contribution is 2.30. The van der Waals surface area contributed by atoms with Crippen molar-refractivity contribution < 1.29 is 13.2 Å². The van der Waals surface area contributed by atoms with E-state index in [0.29, 0.717) is 24.2 Å². The number of benzene rings is 2. The lowest BCUT2D eigenvalue weighted by Crippen LogP contribution is -2.13. The molecular weight excluding hydrogens is 263 g/mol. The van der Waals surface area contributed by atoms with Gasteiger partial charge in [-0.25, -0.2) is 13.2 Å². The van der Waals surface area contributed by atoms with Crippen molar-refractivity contribution in [3.05, 3.63) is 58.9 Å². The summed E-state index contributed by atoms with van der Waals surface area (Å²) < 4.78 is 40.9. The topological polar surface area (TPSA) is 12.0 Å². The first-order chi connectivity index (χ1) is 9.52. The maximum absolute atomic E-state index is 13.9. The zero-order valence-electron chi connectivity index (χ0n) is 11.4. The molecule has 106 valence electrons. The Bertz CT molecular complexity index is 600. The fraction of sp³-hybridized carbons (Fsp3) is 0.250. The van der Waals surface area contributed by atoms with Crippen molar-refractivity contribution in [1.82, 2.24) is 5.32 Å². The Morgan fingerprint density at radius 3 is 2.25 bits per heavy atom. The normalized spacial score (nSPS) is 10.8. The van der Waals surface area contributed by atoms with Crippen molar-refractivity contribution in [3.8, 4) is 11.1 Å². The van der Waals surface area contributed by atoms with Crippen molar-refractivity contribution in [2.45, 2.75) is 20.4 Å². The van der Waals surface area contributed by atoms with E-state index < -0.39 is 17.5 Å². The van der Waals surface area contributed by atoms with Crippen LogP contribution in [0.3, 0.4) is 0 Å². The first-order valence-electron chi connectivity index (χ1n) is 6.48. The molecule has 0 radical (unpaired) electrons. The standard InChI is InChI=1S/C16H16F3N/c1-3-20-9-11-5-4-10(2)6-13(11)16-14(18)7-12(17)8-15(16)19/h4-8,20H,3,9H2,1-2H3. The summed E-state index contributed by atoms with van der Waals surface area (Å²) in [7, 11) is 0. The summed E-state index contributed by atoms with van der Waals surface area (Å²) in [5, 5.41) is 3.13. The van der Waals surface area contributed by atoms with Gasteiger partial charge in [-0.15, -0.1) is 0 Å². The van der Waals surface area contributed by atoms with Crippen molar-refractivity contribution in [1.29, 1.82) is 0 Å². The average molecular weight is 279 g/mol. The van der Waals surface area contributed by atoms with E-state index in [1.807, 2.05) is 26.0 Å².